The first-order chi connectivity index (χ1) is 9.06. The van der Waals surface area contributed by atoms with Gasteiger partial charge in [0, 0.05) is 18.8 Å². The van der Waals surface area contributed by atoms with Crippen molar-refractivity contribution >= 4 is 17.2 Å². The van der Waals surface area contributed by atoms with E-state index in [1.807, 2.05) is 29.1 Å². The van der Waals surface area contributed by atoms with E-state index in [1.165, 1.54) is 11.3 Å². The van der Waals surface area contributed by atoms with Gasteiger partial charge in [0.2, 0.25) is 0 Å². The number of aryl methyl sites for hydroxylation is 2. The van der Waals surface area contributed by atoms with E-state index < -0.39 is 0 Å². The van der Waals surface area contributed by atoms with Gasteiger partial charge in [-0.05, 0) is 37.3 Å². The third-order valence-corrected chi connectivity index (χ3v) is 3.81. The molecule has 0 aliphatic carbocycles. The van der Waals surface area contributed by atoms with Crippen LogP contribution < -0.4 is 5.32 Å². The summed E-state index contributed by atoms with van der Waals surface area (Å²) in [7, 11) is 0. The van der Waals surface area contributed by atoms with Gasteiger partial charge in [-0.15, -0.1) is 11.3 Å². The number of carbonyl (C=O) groups is 1. The highest BCUT2D eigenvalue weighted by Gasteiger charge is 2.10. The molecule has 5 heteroatoms. The second kappa shape index (κ2) is 6.02. The van der Waals surface area contributed by atoms with Crippen LogP contribution in [0.4, 0.5) is 0 Å². The lowest BCUT2D eigenvalue weighted by Gasteiger charge is -2.13. The topological polar surface area (TPSA) is 46.9 Å². The van der Waals surface area contributed by atoms with Gasteiger partial charge in [-0.3, -0.25) is 9.48 Å². The number of hydrogen-bond donors (Lipinski definition) is 1. The second-order valence-corrected chi connectivity index (χ2v) is 5.85. The molecule has 19 heavy (non-hydrogen) atoms. The Kier molecular flexibility index (Phi) is 4.37. The van der Waals surface area contributed by atoms with Crippen LogP contribution >= 0.6 is 11.3 Å². The zero-order chi connectivity index (χ0) is 13.8. The Bertz CT molecular complexity index is 545. The predicted molar refractivity (Wildman–Crippen MR) is 77.5 cm³/mol. The molecule has 1 amide bonds. The summed E-state index contributed by atoms with van der Waals surface area (Å²) in [4.78, 5) is 12.6. The fourth-order valence-corrected chi connectivity index (χ4v) is 2.62. The van der Waals surface area contributed by atoms with Gasteiger partial charge < -0.3 is 5.32 Å². The maximum absolute atomic E-state index is 11.8. The van der Waals surface area contributed by atoms with Gasteiger partial charge in [-0.1, -0.05) is 13.0 Å². The summed E-state index contributed by atoms with van der Waals surface area (Å²) in [5.41, 5.74) is 2.20. The molecule has 0 aliphatic heterocycles. The Morgan fingerprint density at radius 1 is 1.53 bits per heavy atom. The first-order valence-corrected chi connectivity index (χ1v) is 7.27. The molecule has 1 N–H and O–H groups in total. The van der Waals surface area contributed by atoms with Crippen molar-refractivity contribution in [2.75, 3.05) is 6.54 Å². The number of rotatable bonds is 5. The highest BCUT2D eigenvalue weighted by Crippen LogP contribution is 2.09. The van der Waals surface area contributed by atoms with Crippen LogP contribution in [0.2, 0.25) is 0 Å². The van der Waals surface area contributed by atoms with Gasteiger partial charge in [-0.25, -0.2) is 0 Å². The van der Waals surface area contributed by atoms with E-state index in [-0.39, 0.29) is 5.91 Å². The molecule has 102 valence electrons. The highest BCUT2D eigenvalue weighted by molar-refractivity contribution is 7.12. The van der Waals surface area contributed by atoms with Gasteiger partial charge >= 0.3 is 0 Å². The molecule has 0 bridgehead atoms. The van der Waals surface area contributed by atoms with Crippen molar-refractivity contribution in [3.8, 4) is 0 Å². The first kappa shape index (κ1) is 13.8. The molecule has 2 aromatic rings. The first-order valence-electron chi connectivity index (χ1n) is 6.39. The van der Waals surface area contributed by atoms with Crippen molar-refractivity contribution in [3.63, 3.8) is 0 Å². The summed E-state index contributed by atoms with van der Waals surface area (Å²) >= 11 is 1.46. The van der Waals surface area contributed by atoms with Crippen LogP contribution in [0.25, 0.3) is 0 Å². The molecule has 2 heterocycles. The molecule has 0 aliphatic rings. The molecule has 2 rings (SSSR count). The normalized spacial score (nSPS) is 12.4. The van der Waals surface area contributed by atoms with Gasteiger partial charge in [0.25, 0.3) is 5.91 Å². The van der Waals surface area contributed by atoms with Crippen LogP contribution in [0.1, 0.15) is 28.0 Å². The van der Waals surface area contributed by atoms with E-state index in [9.17, 15) is 4.79 Å². The average molecular weight is 277 g/mol. The SMILES string of the molecule is Cc1cc(C)n(C[C@H](C)CNC(=O)c2cccs2)n1. The Morgan fingerprint density at radius 2 is 2.32 bits per heavy atom. The molecule has 2 aromatic heterocycles. The summed E-state index contributed by atoms with van der Waals surface area (Å²) in [6, 6.07) is 5.79. The minimum Gasteiger partial charge on any atom is -0.351 e. The lowest BCUT2D eigenvalue weighted by molar-refractivity contribution is 0.0950. The fourth-order valence-electron chi connectivity index (χ4n) is 1.98. The van der Waals surface area contributed by atoms with Crippen molar-refractivity contribution in [2.45, 2.75) is 27.3 Å². The molecule has 0 unspecified atom stereocenters. The number of hydrogen-bond acceptors (Lipinski definition) is 3. The second-order valence-electron chi connectivity index (χ2n) is 4.90. The van der Waals surface area contributed by atoms with E-state index in [1.54, 1.807) is 0 Å². The molecule has 0 saturated heterocycles. The van der Waals surface area contributed by atoms with Crippen LogP contribution in [0, 0.1) is 19.8 Å². The largest absolute Gasteiger partial charge is 0.351 e. The molecule has 1 atom stereocenters. The molecule has 0 fully saturated rings. The van der Waals surface area contributed by atoms with Crippen LogP contribution in [0.3, 0.4) is 0 Å². The number of nitrogens with one attached hydrogen (secondary N) is 1. The maximum Gasteiger partial charge on any atom is 0.261 e. The molecule has 0 saturated carbocycles. The standard InChI is InChI=1S/C14H19N3OS/c1-10(9-17-12(3)7-11(2)16-17)8-15-14(18)13-5-4-6-19-13/h4-7,10H,8-9H2,1-3H3,(H,15,18)/t10-/m1/s1. The Hall–Kier alpha value is -1.62. The zero-order valence-corrected chi connectivity index (χ0v) is 12.3. The maximum atomic E-state index is 11.8. The van der Waals surface area contributed by atoms with Crippen molar-refractivity contribution < 1.29 is 4.79 Å². The Morgan fingerprint density at radius 3 is 2.89 bits per heavy atom. The molecule has 0 radical (unpaired) electrons. The lowest BCUT2D eigenvalue weighted by atomic mass is 10.2. The van der Waals surface area contributed by atoms with Crippen LogP contribution in [-0.4, -0.2) is 22.2 Å². The number of aromatic nitrogens is 2. The minimum absolute atomic E-state index is 0.00946. The van der Waals surface area contributed by atoms with Gasteiger partial charge in [0.05, 0.1) is 10.6 Å². The summed E-state index contributed by atoms with van der Waals surface area (Å²) in [6.07, 6.45) is 0. The molecular weight excluding hydrogens is 258 g/mol. The molecule has 0 spiro atoms. The van der Waals surface area contributed by atoms with E-state index in [0.717, 1.165) is 22.8 Å². The van der Waals surface area contributed by atoms with Crippen molar-refractivity contribution in [1.82, 2.24) is 15.1 Å². The van der Waals surface area contributed by atoms with Gasteiger partial charge in [0.1, 0.15) is 0 Å². The third kappa shape index (κ3) is 3.67. The smallest absolute Gasteiger partial charge is 0.261 e. The van der Waals surface area contributed by atoms with E-state index in [2.05, 4.69) is 30.3 Å². The summed E-state index contributed by atoms with van der Waals surface area (Å²) in [6.45, 7) is 7.65. The number of thiophene rings is 1. The predicted octanol–water partition coefficient (Wildman–Crippen LogP) is 2.63. The number of nitrogens with zero attached hydrogens (tertiary/aromatic N) is 2. The fraction of sp³-hybridized carbons (Fsp3) is 0.429. The third-order valence-electron chi connectivity index (χ3n) is 2.94. The zero-order valence-electron chi connectivity index (χ0n) is 11.5. The van der Waals surface area contributed by atoms with Crippen LogP contribution in [0.5, 0.6) is 0 Å². The number of carbonyl (C=O) groups excluding carboxylic acids is 1. The minimum atomic E-state index is 0.00946. The van der Waals surface area contributed by atoms with E-state index in [4.69, 9.17) is 0 Å². The van der Waals surface area contributed by atoms with Crippen molar-refractivity contribution in [2.24, 2.45) is 5.92 Å². The molecule has 4 nitrogen and oxygen atoms in total. The van der Waals surface area contributed by atoms with Crippen LogP contribution in [0.15, 0.2) is 23.6 Å². The summed E-state index contributed by atoms with van der Waals surface area (Å²) in [5.74, 6) is 0.358. The van der Waals surface area contributed by atoms with Crippen molar-refractivity contribution in [3.05, 3.63) is 39.8 Å². The monoisotopic (exact) mass is 277 g/mol. The summed E-state index contributed by atoms with van der Waals surface area (Å²) < 4.78 is 2.00. The van der Waals surface area contributed by atoms with Gasteiger partial charge in [0.15, 0.2) is 0 Å². The average Bonchev–Trinajstić information content (AvgIpc) is 2.97. The highest BCUT2D eigenvalue weighted by atomic mass is 32.1. The number of amides is 1. The van der Waals surface area contributed by atoms with E-state index >= 15 is 0 Å². The Balaban J connectivity index is 1.83. The summed E-state index contributed by atoms with van der Waals surface area (Å²) in [5, 5.41) is 9.31. The molecule has 0 aromatic carbocycles. The van der Waals surface area contributed by atoms with Crippen molar-refractivity contribution in [1.29, 1.82) is 0 Å². The van der Waals surface area contributed by atoms with Gasteiger partial charge in [-0.2, -0.15) is 5.10 Å². The van der Waals surface area contributed by atoms with E-state index in [0.29, 0.717) is 12.5 Å². The van der Waals surface area contributed by atoms with Crippen LogP contribution in [-0.2, 0) is 6.54 Å². The lowest BCUT2D eigenvalue weighted by Crippen LogP contribution is -2.29. The Labute approximate surface area is 117 Å². The quantitative estimate of drug-likeness (QED) is 0.913. The molecular formula is C14H19N3OS.